The third kappa shape index (κ3) is 11.5. The molecule has 1 N–H and O–H groups in total. The number of aryl methyl sites for hydroxylation is 2. The van der Waals surface area contributed by atoms with Crippen LogP contribution in [0.15, 0.2) is 47.4 Å². The minimum absolute atomic E-state index is 0.00440. The minimum atomic E-state index is -2.49. The van der Waals surface area contributed by atoms with Gasteiger partial charge in [0.2, 0.25) is 11.8 Å². The fourth-order valence-corrected chi connectivity index (χ4v) is 22.7. The van der Waals surface area contributed by atoms with E-state index >= 15 is 13.2 Å². The molecule has 1 spiro atoms. The highest BCUT2D eigenvalue weighted by Gasteiger charge is 2.51. The van der Waals surface area contributed by atoms with Crippen molar-refractivity contribution in [2.24, 2.45) is 13.0 Å². The number of pyridine rings is 1. The lowest BCUT2D eigenvalue weighted by atomic mass is 9.86. The van der Waals surface area contributed by atoms with Crippen molar-refractivity contribution in [3.63, 3.8) is 0 Å². The van der Waals surface area contributed by atoms with Crippen molar-refractivity contribution in [3.8, 4) is 23.0 Å². The molecular formula is C69H89F3N10O8Si. The summed E-state index contributed by atoms with van der Waals surface area (Å²) in [5.41, 5.74) is 2.32. The maximum Gasteiger partial charge on any atom is 0.409 e. The Hall–Kier alpha value is -6.62. The van der Waals surface area contributed by atoms with Crippen LogP contribution in [0.25, 0.3) is 44.0 Å². The summed E-state index contributed by atoms with van der Waals surface area (Å²) in [6.45, 7) is 22.4. The highest BCUT2D eigenvalue weighted by Crippen LogP contribution is 2.48. The molecule has 6 aromatic rings. The van der Waals surface area contributed by atoms with Gasteiger partial charge in [-0.3, -0.25) is 33.9 Å². The predicted molar refractivity (Wildman–Crippen MR) is 346 cm³/mol. The number of nitrogens with one attached hydrogen (secondary N) is 1. The van der Waals surface area contributed by atoms with Gasteiger partial charge in [0, 0.05) is 76.5 Å². The number of benzene rings is 3. The second kappa shape index (κ2) is 25.0. The van der Waals surface area contributed by atoms with Crippen molar-refractivity contribution >= 4 is 64.8 Å². The number of hydrogen-bond donors (Lipinski definition) is 1. The molecule has 22 heteroatoms. The standard InChI is InChI=1S/C69H89F3N10O8Si/c1-9-49-53(70)13-12-46-32-48(90-91(41(2)3,42(4)5)43(6)7)33-51(59(46)49)61-60(72)62-52(36-73-61)63(80-25-11-22-69(39-80)24-31-89-69)76-65(75-62)88-40-68-21-10-26-81(68)47(16-23-68)38-87-67(86)79-29-17-44(18-30-79)37-78-27-19-45(20-28-78)50-34-56-57(35-54(50)71)82(66(85)77(56)8)55-14-15-58(83)74-64(55)84/h12-13,32-36,41-45,47,55H,9-11,14-31,37-40H2,1-8H3,(H,74,83,84)/t47-,55?,68-,69+/m0/s1. The Labute approximate surface area is 531 Å². The summed E-state index contributed by atoms with van der Waals surface area (Å²) >= 11 is 0. The molecule has 488 valence electrons. The SMILES string of the molecule is CCc1c(F)ccc2cc(O[Si](C(C)C)(C(C)C)C(C)C)cc(-c3ncc4c(N5CCC[C@@]6(CCO6)C5)nc(OC[C@@]56CCCN5[C@H](COC(=O)N5CCC(CN7CCC(c8cc9c(cc8F)n(C8CCC(=O)NC8=O)c(=O)n9C)CC7)CC5)CC6)nc4c3F)c12. The zero-order valence-corrected chi connectivity index (χ0v) is 55.2. The van der Waals surface area contributed by atoms with E-state index in [9.17, 15) is 19.2 Å². The number of rotatable bonds is 17. The van der Waals surface area contributed by atoms with Crippen LogP contribution in [0, 0.1) is 23.4 Å². The van der Waals surface area contributed by atoms with E-state index in [-0.39, 0.29) is 101 Å². The first-order valence-corrected chi connectivity index (χ1v) is 35.8. The van der Waals surface area contributed by atoms with E-state index in [0.29, 0.717) is 95.2 Å². The number of halogens is 3. The maximum absolute atomic E-state index is 18.1. The topological polar surface area (TPSA) is 179 Å². The molecule has 91 heavy (non-hydrogen) atoms. The summed E-state index contributed by atoms with van der Waals surface area (Å²) < 4.78 is 79.2. The van der Waals surface area contributed by atoms with Gasteiger partial charge in [0.25, 0.3) is 8.32 Å². The van der Waals surface area contributed by atoms with Gasteiger partial charge < -0.3 is 33.3 Å². The number of carbonyl (C=O) groups excluding carboxylic acids is 3. The van der Waals surface area contributed by atoms with Crippen LogP contribution in [-0.4, -0.2) is 154 Å². The van der Waals surface area contributed by atoms with Crippen molar-refractivity contribution in [1.82, 2.24) is 44.1 Å². The predicted octanol–water partition coefficient (Wildman–Crippen LogP) is 11.9. The van der Waals surface area contributed by atoms with Crippen molar-refractivity contribution in [1.29, 1.82) is 0 Å². The molecule has 1 unspecified atom stereocenters. The van der Waals surface area contributed by atoms with Crippen LogP contribution in [0.3, 0.4) is 0 Å². The number of ether oxygens (including phenoxy) is 3. The number of hydrogen-bond acceptors (Lipinski definition) is 14. The summed E-state index contributed by atoms with van der Waals surface area (Å²) in [7, 11) is -0.856. The minimum Gasteiger partial charge on any atom is -0.543 e. The van der Waals surface area contributed by atoms with Gasteiger partial charge in [0.1, 0.15) is 53.7 Å². The molecule has 4 atom stereocenters. The third-order valence-corrected chi connectivity index (χ3v) is 28.3. The zero-order valence-electron chi connectivity index (χ0n) is 54.2. The summed E-state index contributed by atoms with van der Waals surface area (Å²) in [6, 6.07) is 9.42. The number of likely N-dealkylation sites (tertiary alicyclic amines) is 2. The van der Waals surface area contributed by atoms with Crippen molar-refractivity contribution < 1.29 is 46.2 Å². The van der Waals surface area contributed by atoms with E-state index in [1.165, 1.54) is 21.3 Å². The number of anilines is 1. The fourth-order valence-electron chi connectivity index (χ4n) is 17.4. The van der Waals surface area contributed by atoms with Crippen LogP contribution in [0.2, 0.25) is 16.6 Å². The highest BCUT2D eigenvalue weighted by atomic mass is 28.4. The first kappa shape index (κ1) is 63.1. The van der Waals surface area contributed by atoms with Gasteiger partial charge in [-0.1, -0.05) is 54.5 Å². The van der Waals surface area contributed by atoms with Gasteiger partial charge in [-0.25, -0.2) is 22.8 Å². The molecule has 10 heterocycles. The van der Waals surface area contributed by atoms with Gasteiger partial charge in [0.15, 0.2) is 5.82 Å². The molecule has 7 aliphatic heterocycles. The molecule has 0 saturated carbocycles. The van der Waals surface area contributed by atoms with E-state index in [1.54, 1.807) is 25.4 Å². The molecule has 7 saturated heterocycles. The molecule has 0 bridgehead atoms. The van der Waals surface area contributed by atoms with E-state index in [1.807, 2.05) is 24.0 Å². The van der Waals surface area contributed by atoms with Gasteiger partial charge in [-0.2, -0.15) is 9.97 Å². The Morgan fingerprint density at radius 3 is 2.29 bits per heavy atom. The van der Waals surface area contributed by atoms with Gasteiger partial charge >= 0.3 is 17.8 Å². The van der Waals surface area contributed by atoms with E-state index in [0.717, 1.165) is 102 Å². The van der Waals surface area contributed by atoms with Crippen LogP contribution in [-0.2, 0) is 32.5 Å². The van der Waals surface area contributed by atoms with Crippen LogP contribution in [0.1, 0.15) is 155 Å². The number of aromatic nitrogens is 5. The molecule has 3 amide bonds. The van der Waals surface area contributed by atoms with Gasteiger partial charge in [-0.05, 0) is 171 Å². The Bertz CT molecular complexity index is 3840. The smallest absolute Gasteiger partial charge is 0.409 e. The van der Waals surface area contributed by atoms with Crippen molar-refractivity contribution in [2.75, 3.05) is 77.1 Å². The molecule has 7 fully saturated rings. The Kier molecular flexibility index (Phi) is 17.4. The van der Waals surface area contributed by atoms with E-state index in [2.05, 4.69) is 61.6 Å². The first-order chi connectivity index (χ1) is 43.7. The first-order valence-electron chi connectivity index (χ1n) is 33.7. The number of imidazole rings is 1. The highest BCUT2D eigenvalue weighted by molar-refractivity contribution is 6.78. The Morgan fingerprint density at radius 1 is 0.835 bits per heavy atom. The summed E-state index contributed by atoms with van der Waals surface area (Å²) in [5.74, 6) is -0.785. The number of imide groups is 1. The lowest BCUT2D eigenvalue weighted by molar-refractivity contribution is -0.151. The Balaban J connectivity index is 0.667. The number of amides is 3. The molecule has 0 aliphatic carbocycles. The molecule has 13 rings (SSSR count). The zero-order chi connectivity index (χ0) is 63.8. The second-order valence-corrected chi connectivity index (χ2v) is 33.7. The molecule has 7 aliphatic rings. The van der Waals surface area contributed by atoms with Crippen LogP contribution in [0.4, 0.5) is 23.8 Å². The number of fused-ring (bicyclic) bond motifs is 4. The van der Waals surface area contributed by atoms with E-state index < -0.39 is 37.6 Å². The van der Waals surface area contributed by atoms with Gasteiger partial charge in [0.05, 0.1) is 34.2 Å². The van der Waals surface area contributed by atoms with Crippen molar-refractivity contribution in [3.05, 3.63) is 81.7 Å². The maximum atomic E-state index is 18.1. The largest absolute Gasteiger partial charge is 0.543 e. The summed E-state index contributed by atoms with van der Waals surface area (Å²) in [6.07, 6.45) is 11.5. The van der Waals surface area contributed by atoms with Gasteiger partial charge in [-0.15, -0.1) is 0 Å². The number of nitrogens with zero attached hydrogens (tertiary/aromatic N) is 9. The van der Waals surface area contributed by atoms with E-state index in [4.69, 9.17) is 33.6 Å². The normalized spacial score (nSPS) is 24.0. The fraction of sp³-hybridized carbons (Fsp3) is 0.609. The lowest BCUT2D eigenvalue weighted by Crippen LogP contribution is -2.56. The third-order valence-electron chi connectivity index (χ3n) is 22.2. The quantitative estimate of drug-likeness (QED) is 0.0673. The van der Waals surface area contributed by atoms with Crippen LogP contribution >= 0.6 is 0 Å². The summed E-state index contributed by atoms with van der Waals surface area (Å²) in [4.78, 5) is 75.5. The average Bonchev–Trinajstić information content (AvgIpc) is 1.60. The monoisotopic (exact) mass is 1270 g/mol. The number of piperidine rings is 4. The molecule has 18 nitrogen and oxygen atoms in total. The second-order valence-electron chi connectivity index (χ2n) is 28.3. The van der Waals surface area contributed by atoms with Crippen molar-refractivity contribution in [2.45, 2.75) is 184 Å². The molecule has 3 aromatic heterocycles. The summed E-state index contributed by atoms with van der Waals surface area (Å²) in [5, 5.41) is 4.12. The van der Waals surface area contributed by atoms with Crippen LogP contribution in [0.5, 0.6) is 11.8 Å². The Morgan fingerprint density at radius 2 is 1.58 bits per heavy atom. The van der Waals surface area contributed by atoms with Crippen LogP contribution < -0.4 is 25.1 Å². The molecular weight excluding hydrogens is 1180 g/mol. The lowest BCUT2D eigenvalue weighted by Gasteiger charge is -2.48. The average molecular weight is 1270 g/mol. The molecule has 0 radical (unpaired) electrons. The molecule has 3 aromatic carbocycles. The number of carbonyl (C=O) groups is 3.